The molecule has 0 atom stereocenters. The molecule has 0 radical (unpaired) electrons. The Balaban J connectivity index is 2.76. The molecule has 0 spiro atoms. The van der Waals surface area contributed by atoms with E-state index in [2.05, 4.69) is 9.97 Å². The van der Waals surface area contributed by atoms with Gasteiger partial charge in [-0.15, -0.1) is 0 Å². The zero-order valence-electron chi connectivity index (χ0n) is 11.4. The normalized spacial score (nSPS) is 10.8. The van der Waals surface area contributed by atoms with Crippen molar-refractivity contribution in [1.29, 1.82) is 0 Å². The third kappa shape index (κ3) is 2.64. The van der Waals surface area contributed by atoms with E-state index in [-0.39, 0.29) is 28.7 Å². The van der Waals surface area contributed by atoms with E-state index in [0.717, 1.165) is 0 Å². The zero-order chi connectivity index (χ0) is 14.9. The molecule has 0 aliphatic heterocycles. The minimum Gasteiger partial charge on any atom is -0.490 e. The molecule has 0 aliphatic rings. The molecule has 2 N–H and O–H groups in total. The van der Waals surface area contributed by atoms with Crippen molar-refractivity contribution in [2.75, 3.05) is 0 Å². The number of hydrogen-bond acceptors (Lipinski definition) is 3. The summed E-state index contributed by atoms with van der Waals surface area (Å²) in [7, 11) is 0. The van der Waals surface area contributed by atoms with Crippen LogP contribution in [0.15, 0.2) is 27.8 Å². The molecule has 20 heavy (non-hydrogen) atoms. The van der Waals surface area contributed by atoms with Crippen molar-refractivity contribution >= 4 is 0 Å². The van der Waals surface area contributed by atoms with Crippen LogP contribution in [0.25, 0.3) is 11.1 Å². The van der Waals surface area contributed by atoms with Gasteiger partial charge in [-0.25, -0.2) is 9.18 Å². The Kier molecular flexibility index (Phi) is 3.74. The largest absolute Gasteiger partial charge is 0.490 e. The van der Waals surface area contributed by atoms with Crippen molar-refractivity contribution < 1.29 is 9.13 Å². The van der Waals surface area contributed by atoms with Crippen molar-refractivity contribution in [2.24, 2.45) is 0 Å². The maximum atomic E-state index is 14.1. The summed E-state index contributed by atoms with van der Waals surface area (Å²) >= 11 is 0. The Morgan fingerprint density at radius 1 is 1.15 bits per heavy atom. The van der Waals surface area contributed by atoms with Crippen LogP contribution in [0.2, 0.25) is 0 Å². The van der Waals surface area contributed by atoms with Crippen LogP contribution >= 0.6 is 0 Å². The molecule has 6 heteroatoms. The highest BCUT2D eigenvalue weighted by atomic mass is 19.1. The van der Waals surface area contributed by atoms with E-state index in [0.29, 0.717) is 0 Å². The Morgan fingerprint density at radius 3 is 2.45 bits per heavy atom. The number of nitrogens with one attached hydrogen (secondary N) is 2. The molecule has 0 fully saturated rings. The van der Waals surface area contributed by atoms with Gasteiger partial charge in [-0.2, -0.15) is 0 Å². The Morgan fingerprint density at radius 2 is 1.85 bits per heavy atom. The monoisotopic (exact) mass is 278 g/mol. The predicted octanol–water partition coefficient (Wildman–Crippen LogP) is 1.96. The van der Waals surface area contributed by atoms with Crippen LogP contribution in [0.1, 0.15) is 19.5 Å². The van der Waals surface area contributed by atoms with Crippen LogP contribution in [0.4, 0.5) is 4.39 Å². The van der Waals surface area contributed by atoms with E-state index < -0.39 is 17.1 Å². The summed E-state index contributed by atoms with van der Waals surface area (Å²) in [5.41, 5.74) is -0.865. The van der Waals surface area contributed by atoms with Gasteiger partial charge in [0.05, 0.1) is 17.2 Å². The van der Waals surface area contributed by atoms with Crippen molar-refractivity contribution in [2.45, 2.75) is 26.9 Å². The molecular weight excluding hydrogens is 263 g/mol. The first-order valence-electron chi connectivity index (χ1n) is 6.19. The Hall–Kier alpha value is -2.37. The molecule has 0 amide bonds. The standard InChI is InChI=1S/C14H15FN2O3/c1-7(2)20-10-6-4-5-9(15)12(10)11-8(3)16-14(19)17-13(11)18/h4-7H,1-3H3,(H2,16,17,18,19). The molecule has 1 heterocycles. The van der Waals surface area contributed by atoms with E-state index in [1.54, 1.807) is 19.9 Å². The molecule has 5 nitrogen and oxygen atoms in total. The first-order valence-corrected chi connectivity index (χ1v) is 6.19. The first kappa shape index (κ1) is 14.0. The Bertz CT molecular complexity index is 747. The molecule has 0 bridgehead atoms. The fraction of sp³-hybridized carbons (Fsp3) is 0.286. The summed E-state index contributed by atoms with van der Waals surface area (Å²) in [6.45, 7) is 5.15. The predicted molar refractivity (Wildman–Crippen MR) is 73.6 cm³/mol. The van der Waals surface area contributed by atoms with Gasteiger partial charge in [0.15, 0.2) is 0 Å². The van der Waals surface area contributed by atoms with Crippen LogP contribution in [0.5, 0.6) is 5.75 Å². The van der Waals surface area contributed by atoms with Crippen LogP contribution in [0.3, 0.4) is 0 Å². The lowest BCUT2D eigenvalue weighted by molar-refractivity contribution is 0.242. The summed E-state index contributed by atoms with van der Waals surface area (Å²) in [5.74, 6) is -0.315. The van der Waals surface area contributed by atoms with Gasteiger partial charge >= 0.3 is 5.69 Å². The van der Waals surface area contributed by atoms with Crippen LogP contribution in [-0.4, -0.2) is 16.1 Å². The first-order chi connectivity index (χ1) is 9.40. The molecule has 0 saturated heterocycles. The van der Waals surface area contributed by atoms with Crippen molar-refractivity contribution in [3.63, 3.8) is 0 Å². The number of ether oxygens (including phenoxy) is 1. The summed E-state index contributed by atoms with van der Waals surface area (Å²) in [4.78, 5) is 27.7. The number of aryl methyl sites for hydroxylation is 1. The highest BCUT2D eigenvalue weighted by Gasteiger charge is 2.19. The number of rotatable bonds is 3. The number of aromatic nitrogens is 2. The molecule has 0 aliphatic carbocycles. The summed E-state index contributed by atoms with van der Waals surface area (Å²) in [5, 5.41) is 0. The van der Waals surface area contributed by atoms with Crippen molar-refractivity contribution in [3.8, 4) is 16.9 Å². The maximum Gasteiger partial charge on any atom is 0.325 e. The second kappa shape index (κ2) is 5.32. The van der Waals surface area contributed by atoms with Gasteiger partial charge in [0.2, 0.25) is 0 Å². The van der Waals surface area contributed by atoms with E-state index in [9.17, 15) is 14.0 Å². The van der Waals surface area contributed by atoms with Crippen molar-refractivity contribution in [3.05, 3.63) is 50.5 Å². The quantitative estimate of drug-likeness (QED) is 0.901. The average molecular weight is 278 g/mol. The van der Waals surface area contributed by atoms with Gasteiger partial charge in [0.1, 0.15) is 11.6 Å². The third-order valence-electron chi connectivity index (χ3n) is 2.72. The summed E-state index contributed by atoms with van der Waals surface area (Å²) < 4.78 is 19.7. The second-order valence-corrected chi connectivity index (χ2v) is 4.69. The van der Waals surface area contributed by atoms with Crippen LogP contribution < -0.4 is 16.0 Å². The van der Waals surface area contributed by atoms with Gasteiger partial charge in [0, 0.05) is 5.69 Å². The molecule has 2 aromatic rings. The fourth-order valence-corrected chi connectivity index (χ4v) is 2.00. The number of halogens is 1. The number of H-pyrrole nitrogens is 2. The van der Waals surface area contributed by atoms with Crippen molar-refractivity contribution in [1.82, 2.24) is 9.97 Å². The molecule has 2 rings (SSSR count). The second-order valence-electron chi connectivity index (χ2n) is 4.69. The van der Waals surface area contributed by atoms with E-state index in [4.69, 9.17) is 4.74 Å². The van der Waals surface area contributed by atoms with Gasteiger partial charge in [-0.05, 0) is 32.9 Å². The van der Waals surface area contributed by atoms with Crippen LogP contribution in [-0.2, 0) is 0 Å². The summed E-state index contributed by atoms with van der Waals surface area (Å²) in [6, 6.07) is 4.33. The average Bonchev–Trinajstić information content (AvgIpc) is 2.30. The van der Waals surface area contributed by atoms with E-state index in [1.807, 2.05) is 0 Å². The minimum atomic E-state index is -0.648. The number of benzene rings is 1. The molecule has 0 saturated carbocycles. The highest BCUT2D eigenvalue weighted by molar-refractivity contribution is 5.72. The molecule has 106 valence electrons. The lowest BCUT2D eigenvalue weighted by Crippen LogP contribution is -2.25. The Labute approximate surface area is 114 Å². The molecule has 0 unspecified atom stereocenters. The minimum absolute atomic E-state index is 0.0520. The fourth-order valence-electron chi connectivity index (χ4n) is 2.00. The van der Waals surface area contributed by atoms with E-state index in [1.165, 1.54) is 19.1 Å². The smallest absolute Gasteiger partial charge is 0.325 e. The van der Waals surface area contributed by atoms with Gasteiger partial charge < -0.3 is 9.72 Å². The lowest BCUT2D eigenvalue weighted by Gasteiger charge is -2.15. The maximum absolute atomic E-state index is 14.1. The highest BCUT2D eigenvalue weighted by Crippen LogP contribution is 2.32. The van der Waals surface area contributed by atoms with Gasteiger partial charge in [0.25, 0.3) is 5.56 Å². The third-order valence-corrected chi connectivity index (χ3v) is 2.72. The van der Waals surface area contributed by atoms with Gasteiger partial charge in [-0.3, -0.25) is 9.78 Å². The van der Waals surface area contributed by atoms with E-state index >= 15 is 0 Å². The van der Waals surface area contributed by atoms with Gasteiger partial charge in [-0.1, -0.05) is 6.07 Å². The molecule has 1 aromatic heterocycles. The lowest BCUT2D eigenvalue weighted by atomic mass is 10.0. The SMILES string of the molecule is Cc1[nH]c(=O)[nH]c(=O)c1-c1c(F)cccc1OC(C)C. The number of hydrogen-bond donors (Lipinski definition) is 2. The molecule has 1 aromatic carbocycles. The summed E-state index contributed by atoms with van der Waals surface area (Å²) in [6.07, 6.45) is -0.169. The topological polar surface area (TPSA) is 75.0 Å². The zero-order valence-corrected chi connectivity index (χ0v) is 11.4. The van der Waals surface area contributed by atoms with Crippen LogP contribution in [0, 0.1) is 12.7 Å². The number of aromatic amines is 2. The molecular formula is C14H15FN2O3.